The van der Waals surface area contributed by atoms with Crippen LogP contribution in [0.1, 0.15) is 32.1 Å². The van der Waals surface area contributed by atoms with E-state index in [1.165, 1.54) is 0 Å². The number of amides is 2. The predicted molar refractivity (Wildman–Crippen MR) is 67.9 cm³/mol. The van der Waals surface area contributed by atoms with Crippen LogP contribution in [0.3, 0.4) is 0 Å². The SMILES string of the molecule is CNC(=O)C1CCCN(C(=O)CCCCCl)C1. The number of hydrogen-bond acceptors (Lipinski definition) is 2. The van der Waals surface area contributed by atoms with Gasteiger partial charge in [-0.2, -0.15) is 0 Å². The number of carbonyl (C=O) groups excluding carboxylic acids is 2. The molecule has 1 saturated heterocycles. The van der Waals surface area contributed by atoms with Crippen molar-refractivity contribution in [1.82, 2.24) is 10.2 Å². The Labute approximate surface area is 108 Å². The Morgan fingerprint density at radius 3 is 2.82 bits per heavy atom. The van der Waals surface area contributed by atoms with Gasteiger partial charge in [0, 0.05) is 32.4 Å². The van der Waals surface area contributed by atoms with Gasteiger partial charge in [0.05, 0.1) is 5.92 Å². The number of alkyl halides is 1. The molecule has 0 aliphatic carbocycles. The number of nitrogens with zero attached hydrogens (tertiary/aromatic N) is 1. The number of hydrogen-bond donors (Lipinski definition) is 1. The van der Waals surface area contributed by atoms with Crippen molar-refractivity contribution in [3.63, 3.8) is 0 Å². The van der Waals surface area contributed by atoms with Crippen molar-refractivity contribution in [2.45, 2.75) is 32.1 Å². The lowest BCUT2D eigenvalue weighted by atomic mass is 9.97. The minimum absolute atomic E-state index is 0.0364. The van der Waals surface area contributed by atoms with Crippen molar-refractivity contribution in [2.24, 2.45) is 5.92 Å². The molecule has 1 atom stereocenters. The molecule has 0 aromatic heterocycles. The molecule has 0 bridgehead atoms. The van der Waals surface area contributed by atoms with Gasteiger partial charge in [-0.05, 0) is 25.7 Å². The van der Waals surface area contributed by atoms with Crippen molar-refractivity contribution in [2.75, 3.05) is 26.0 Å². The Morgan fingerprint density at radius 1 is 1.41 bits per heavy atom. The number of nitrogens with one attached hydrogen (secondary N) is 1. The highest BCUT2D eigenvalue weighted by atomic mass is 35.5. The lowest BCUT2D eigenvalue weighted by Gasteiger charge is -2.31. The summed E-state index contributed by atoms with van der Waals surface area (Å²) in [5.41, 5.74) is 0. The minimum atomic E-state index is -0.0364. The molecule has 1 fully saturated rings. The predicted octanol–water partition coefficient (Wildman–Crippen LogP) is 1.38. The van der Waals surface area contributed by atoms with Crippen molar-refractivity contribution in [3.05, 3.63) is 0 Å². The maximum atomic E-state index is 11.9. The van der Waals surface area contributed by atoms with E-state index in [1.807, 2.05) is 4.90 Å². The third kappa shape index (κ3) is 4.54. The van der Waals surface area contributed by atoms with Crippen LogP contribution < -0.4 is 5.32 Å². The van der Waals surface area contributed by atoms with Gasteiger partial charge >= 0.3 is 0 Å². The number of carbonyl (C=O) groups is 2. The Hall–Kier alpha value is -0.770. The fourth-order valence-electron chi connectivity index (χ4n) is 2.15. The molecule has 0 saturated carbocycles. The van der Waals surface area contributed by atoms with E-state index in [9.17, 15) is 9.59 Å². The molecule has 0 aromatic carbocycles. The maximum Gasteiger partial charge on any atom is 0.224 e. The van der Waals surface area contributed by atoms with E-state index in [0.29, 0.717) is 18.8 Å². The zero-order valence-electron chi connectivity index (χ0n) is 10.4. The van der Waals surface area contributed by atoms with Gasteiger partial charge in [-0.15, -0.1) is 11.6 Å². The summed E-state index contributed by atoms with van der Waals surface area (Å²) in [7, 11) is 1.64. The zero-order chi connectivity index (χ0) is 12.7. The van der Waals surface area contributed by atoms with E-state index >= 15 is 0 Å². The number of rotatable bonds is 5. The Balaban J connectivity index is 2.37. The van der Waals surface area contributed by atoms with Crippen LogP contribution in [0.25, 0.3) is 0 Å². The molecule has 1 heterocycles. The molecule has 4 nitrogen and oxygen atoms in total. The van der Waals surface area contributed by atoms with Crippen LogP contribution in [0.4, 0.5) is 0 Å². The Kier molecular flexibility index (Phi) is 6.34. The van der Waals surface area contributed by atoms with Crippen LogP contribution in [0.15, 0.2) is 0 Å². The summed E-state index contributed by atoms with van der Waals surface area (Å²) in [6.45, 7) is 1.35. The molecular weight excluding hydrogens is 240 g/mol. The Morgan fingerprint density at radius 2 is 2.18 bits per heavy atom. The van der Waals surface area contributed by atoms with E-state index in [1.54, 1.807) is 7.05 Å². The van der Waals surface area contributed by atoms with E-state index in [0.717, 1.165) is 32.2 Å². The van der Waals surface area contributed by atoms with Gasteiger partial charge in [0.2, 0.25) is 11.8 Å². The molecule has 98 valence electrons. The van der Waals surface area contributed by atoms with E-state index in [-0.39, 0.29) is 17.7 Å². The normalized spacial score (nSPS) is 20.1. The number of halogens is 1. The van der Waals surface area contributed by atoms with Gasteiger partial charge < -0.3 is 10.2 Å². The number of unbranched alkanes of at least 4 members (excludes halogenated alkanes) is 1. The van der Waals surface area contributed by atoms with Crippen molar-refractivity contribution in [1.29, 1.82) is 0 Å². The molecule has 0 radical (unpaired) electrons. The number of likely N-dealkylation sites (tertiary alicyclic amines) is 1. The average Bonchev–Trinajstić information content (AvgIpc) is 2.38. The lowest BCUT2D eigenvalue weighted by molar-refractivity contribution is -0.135. The van der Waals surface area contributed by atoms with Gasteiger partial charge in [-0.25, -0.2) is 0 Å². The van der Waals surface area contributed by atoms with E-state index in [2.05, 4.69) is 5.32 Å². The summed E-state index contributed by atoms with van der Waals surface area (Å²) in [6, 6.07) is 0. The summed E-state index contributed by atoms with van der Waals surface area (Å²) >= 11 is 5.58. The highest BCUT2D eigenvalue weighted by Gasteiger charge is 2.27. The van der Waals surface area contributed by atoms with Gasteiger partial charge in [0.25, 0.3) is 0 Å². The van der Waals surface area contributed by atoms with E-state index in [4.69, 9.17) is 11.6 Å². The third-order valence-electron chi connectivity index (χ3n) is 3.17. The molecule has 1 unspecified atom stereocenters. The van der Waals surface area contributed by atoms with Gasteiger partial charge in [0.1, 0.15) is 0 Å². The first-order chi connectivity index (χ1) is 8.19. The maximum absolute atomic E-state index is 11.9. The van der Waals surface area contributed by atoms with Crippen LogP contribution in [0, 0.1) is 5.92 Å². The standard InChI is InChI=1S/C12H21ClN2O2/c1-14-12(17)10-5-4-8-15(9-10)11(16)6-2-3-7-13/h10H,2-9H2,1H3,(H,14,17). The topological polar surface area (TPSA) is 49.4 Å². The first-order valence-corrected chi connectivity index (χ1v) is 6.77. The van der Waals surface area contributed by atoms with Crippen molar-refractivity contribution < 1.29 is 9.59 Å². The summed E-state index contributed by atoms with van der Waals surface area (Å²) in [5, 5.41) is 2.65. The first kappa shape index (κ1) is 14.3. The molecule has 0 spiro atoms. The van der Waals surface area contributed by atoms with Crippen molar-refractivity contribution >= 4 is 23.4 Å². The molecule has 1 N–H and O–H groups in total. The zero-order valence-corrected chi connectivity index (χ0v) is 11.1. The second-order valence-corrected chi connectivity index (χ2v) is 4.82. The average molecular weight is 261 g/mol. The smallest absolute Gasteiger partial charge is 0.224 e. The summed E-state index contributed by atoms with van der Waals surface area (Å²) in [5.74, 6) is 0.770. The highest BCUT2D eigenvalue weighted by molar-refractivity contribution is 6.17. The highest BCUT2D eigenvalue weighted by Crippen LogP contribution is 2.17. The third-order valence-corrected chi connectivity index (χ3v) is 3.43. The van der Waals surface area contributed by atoms with Gasteiger partial charge in [0.15, 0.2) is 0 Å². The van der Waals surface area contributed by atoms with Crippen LogP contribution in [0.5, 0.6) is 0 Å². The number of piperidine rings is 1. The summed E-state index contributed by atoms with van der Waals surface area (Å²) in [4.78, 5) is 25.2. The van der Waals surface area contributed by atoms with Crippen LogP contribution in [-0.4, -0.2) is 42.7 Å². The fraction of sp³-hybridized carbons (Fsp3) is 0.833. The van der Waals surface area contributed by atoms with Crippen molar-refractivity contribution in [3.8, 4) is 0 Å². The first-order valence-electron chi connectivity index (χ1n) is 6.24. The second kappa shape index (κ2) is 7.54. The summed E-state index contributed by atoms with van der Waals surface area (Å²) < 4.78 is 0. The molecule has 1 rings (SSSR count). The largest absolute Gasteiger partial charge is 0.359 e. The Bertz CT molecular complexity index is 271. The molecule has 2 amide bonds. The molecule has 1 aliphatic rings. The summed E-state index contributed by atoms with van der Waals surface area (Å²) in [6.07, 6.45) is 4.06. The van der Waals surface area contributed by atoms with Gasteiger partial charge in [-0.3, -0.25) is 9.59 Å². The fourth-order valence-corrected chi connectivity index (χ4v) is 2.34. The monoisotopic (exact) mass is 260 g/mol. The molecule has 17 heavy (non-hydrogen) atoms. The molecule has 5 heteroatoms. The van der Waals surface area contributed by atoms with Crippen LogP contribution in [-0.2, 0) is 9.59 Å². The minimum Gasteiger partial charge on any atom is -0.359 e. The van der Waals surface area contributed by atoms with Gasteiger partial charge in [-0.1, -0.05) is 0 Å². The van der Waals surface area contributed by atoms with Crippen LogP contribution >= 0.6 is 11.6 Å². The quantitative estimate of drug-likeness (QED) is 0.600. The van der Waals surface area contributed by atoms with Crippen LogP contribution in [0.2, 0.25) is 0 Å². The second-order valence-electron chi connectivity index (χ2n) is 4.44. The van der Waals surface area contributed by atoms with E-state index < -0.39 is 0 Å². The molecular formula is C12H21ClN2O2. The lowest BCUT2D eigenvalue weighted by Crippen LogP contribution is -2.44. The molecule has 0 aromatic rings. The molecule has 1 aliphatic heterocycles.